The van der Waals surface area contributed by atoms with Gasteiger partial charge in [-0.05, 0) is 30.1 Å². The van der Waals surface area contributed by atoms with Gasteiger partial charge < -0.3 is 0 Å². The van der Waals surface area contributed by atoms with E-state index in [1.54, 1.807) is 0 Å². The van der Waals surface area contributed by atoms with Crippen molar-refractivity contribution in [1.29, 1.82) is 0 Å². The minimum Gasteiger partial charge on any atom is -0.0625 e. The molecule has 0 radical (unpaired) electrons. The zero-order valence-electron chi connectivity index (χ0n) is 7.07. The largest absolute Gasteiger partial charge is 0.0625 e. The van der Waals surface area contributed by atoms with Gasteiger partial charge in [0.1, 0.15) is 0 Å². The van der Waals surface area contributed by atoms with Crippen LogP contribution in [-0.2, 0) is 0 Å². The van der Waals surface area contributed by atoms with Crippen LogP contribution in [0, 0.1) is 17.3 Å². The van der Waals surface area contributed by atoms with Gasteiger partial charge in [0.25, 0.3) is 0 Å². The molecule has 0 heterocycles. The molecule has 0 heteroatoms. The number of hydrogen-bond acceptors (Lipinski definition) is 0. The van der Waals surface area contributed by atoms with E-state index in [1.165, 1.54) is 12.8 Å². The molecule has 0 N–H and O–H groups in total. The molecule has 0 spiro atoms. The molecule has 2 atom stereocenters. The van der Waals surface area contributed by atoms with Crippen LogP contribution in [-0.4, -0.2) is 0 Å². The highest BCUT2D eigenvalue weighted by molar-refractivity contribution is 4.85. The van der Waals surface area contributed by atoms with Crippen molar-refractivity contribution in [1.82, 2.24) is 0 Å². The maximum Gasteiger partial charge on any atom is -0.0326 e. The summed E-state index contributed by atoms with van der Waals surface area (Å²) in [4.78, 5) is 0. The fourth-order valence-corrected chi connectivity index (χ4v) is 2.11. The van der Waals surface area contributed by atoms with Crippen molar-refractivity contribution in [2.24, 2.45) is 17.3 Å². The Bertz CT molecular complexity index is 103. The van der Waals surface area contributed by atoms with Gasteiger partial charge in [-0.15, -0.1) is 0 Å². The lowest BCUT2D eigenvalue weighted by atomic mass is 9.83. The standard InChI is InChI=1S/C9H18/c1-7-5-8(2)9(3,4)6-7/h7-8H,5-6H2,1-4H3. The van der Waals surface area contributed by atoms with Gasteiger partial charge in [0, 0.05) is 0 Å². The Morgan fingerprint density at radius 3 is 1.89 bits per heavy atom. The van der Waals surface area contributed by atoms with Crippen LogP contribution in [0.25, 0.3) is 0 Å². The van der Waals surface area contributed by atoms with E-state index in [1.807, 2.05) is 0 Å². The quantitative estimate of drug-likeness (QED) is 0.468. The topological polar surface area (TPSA) is 0 Å². The van der Waals surface area contributed by atoms with Crippen LogP contribution in [0.15, 0.2) is 0 Å². The first kappa shape index (κ1) is 7.11. The molecular formula is C9H18. The van der Waals surface area contributed by atoms with Crippen LogP contribution >= 0.6 is 0 Å². The summed E-state index contributed by atoms with van der Waals surface area (Å²) in [5.41, 5.74) is 0.624. The Labute approximate surface area is 58.7 Å². The Balaban J connectivity index is 2.58. The Hall–Kier alpha value is 0. The average Bonchev–Trinajstić information content (AvgIpc) is 1.79. The van der Waals surface area contributed by atoms with E-state index in [9.17, 15) is 0 Å². The van der Waals surface area contributed by atoms with Crippen LogP contribution in [0.5, 0.6) is 0 Å². The van der Waals surface area contributed by atoms with E-state index in [0.717, 1.165) is 11.8 Å². The normalized spacial score (nSPS) is 41.3. The zero-order chi connectivity index (χ0) is 7.07. The third kappa shape index (κ3) is 1.28. The second kappa shape index (κ2) is 2.00. The fourth-order valence-electron chi connectivity index (χ4n) is 2.11. The number of hydrogen-bond donors (Lipinski definition) is 0. The molecule has 0 amide bonds. The first-order chi connectivity index (χ1) is 4.02. The molecule has 0 aromatic rings. The first-order valence-electron chi connectivity index (χ1n) is 4.02. The maximum atomic E-state index is 2.39. The van der Waals surface area contributed by atoms with E-state index in [2.05, 4.69) is 27.7 Å². The minimum absolute atomic E-state index is 0.624. The van der Waals surface area contributed by atoms with Crippen molar-refractivity contribution < 1.29 is 0 Å². The molecule has 0 aromatic carbocycles. The summed E-state index contributed by atoms with van der Waals surface area (Å²) in [6.07, 6.45) is 2.86. The van der Waals surface area contributed by atoms with Gasteiger partial charge >= 0.3 is 0 Å². The van der Waals surface area contributed by atoms with E-state index in [4.69, 9.17) is 0 Å². The zero-order valence-corrected chi connectivity index (χ0v) is 7.07. The van der Waals surface area contributed by atoms with Gasteiger partial charge in [-0.1, -0.05) is 27.7 Å². The molecule has 9 heavy (non-hydrogen) atoms. The van der Waals surface area contributed by atoms with Crippen molar-refractivity contribution in [2.45, 2.75) is 40.5 Å². The van der Waals surface area contributed by atoms with Crippen molar-refractivity contribution in [2.75, 3.05) is 0 Å². The van der Waals surface area contributed by atoms with Crippen molar-refractivity contribution in [3.63, 3.8) is 0 Å². The average molecular weight is 126 g/mol. The van der Waals surface area contributed by atoms with Gasteiger partial charge in [0.15, 0.2) is 0 Å². The summed E-state index contributed by atoms with van der Waals surface area (Å²) in [6.45, 7) is 9.52. The van der Waals surface area contributed by atoms with E-state index < -0.39 is 0 Å². The lowest BCUT2D eigenvalue weighted by Gasteiger charge is -2.22. The Kier molecular flexibility index (Phi) is 1.58. The van der Waals surface area contributed by atoms with E-state index in [0.29, 0.717) is 5.41 Å². The summed E-state index contributed by atoms with van der Waals surface area (Å²) in [7, 11) is 0. The van der Waals surface area contributed by atoms with Crippen molar-refractivity contribution >= 4 is 0 Å². The first-order valence-corrected chi connectivity index (χ1v) is 4.02. The molecule has 54 valence electrons. The molecule has 1 aliphatic carbocycles. The lowest BCUT2D eigenvalue weighted by molar-refractivity contribution is 0.278. The number of rotatable bonds is 0. The fraction of sp³-hybridized carbons (Fsp3) is 1.00. The SMILES string of the molecule is CC1CC(C)C(C)(C)C1. The van der Waals surface area contributed by atoms with Gasteiger partial charge in [0.05, 0.1) is 0 Å². The molecule has 0 saturated heterocycles. The second-order valence-electron chi connectivity index (χ2n) is 4.43. The molecule has 0 aromatic heterocycles. The monoisotopic (exact) mass is 126 g/mol. The van der Waals surface area contributed by atoms with Crippen molar-refractivity contribution in [3.05, 3.63) is 0 Å². The third-order valence-electron chi connectivity index (χ3n) is 2.96. The lowest BCUT2D eigenvalue weighted by Crippen LogP contribution is -2.13. The van der Waals surface area contributed by atoms with Crippen LogP contribution in [0.1, 0.15) is 40.5 Å². The maximum absolute atomic E-state index is 2.39. The summed E-state index contributed by atoms with van der Waals surface area (Å²) < 4.78 is 0. The van der Waals surface area contributed by atoms with Crippen LogP contribution in [0.2, 0.25) is 0 Å². The van der Waals surface area contributed by atoms with Gasteiger partial charge in [0.2, 0.25) is 0 Å². The second-order valence-corrected chi connectivity index (χ2v) is 4.43. The van der Waals surface area contributed by atoms with Crippen molar-refractivity contribution in [3.8, 4) is 0 Å². The van der Waals surface area contributed by atoms with Crippen LogP contribution in [0.3, 0.4) is 0 Å². The molecule has 0 nitrogen and oxygen atoms in total. The summed E-state index contributed by atoms with van der Waals surface area (Å²) in [6, 6.07) is 0. The smallest absolute Gasteiger partial charge is 0.0326 e. The molecule has 1 aliphatic rings. The van der Waals surface area contributed by atoms with E-state index >= 15 is 0 Å². The third-order valence-corrected chi connectivity index (χ3v) is 2.96. The van der Waals surface area contributed by atoms with Crippen LogP contribution < -0.4 is 0 Å². The molecule has 1 rings (SSSR count). The van der Waals surface area contributed by atoms with Crippen LogP contribution in [0.4, 0.5) is 0 Å². The Morgan fingerprint density at radius 1 is 1.22 bits per heavy atom. The predicted molar refractivity (Wildman–Crippen MR) is 41.3 cm³/mol. The van der Waals surface area contributed by atoms with E-state index in [-0.39, 0.29) is 0 Å². The summed E-state index contributed by atoms with van der Waals surface area (Å²) in [5.74, 6) is 1.91. The highest BCUT2D eigenvalue weighted by Gasteiger charge is 2.34. The molecule has 2 unspecified atom stereocenters. The molecular weight excluding hydrogens is 108 g/mol. The molecule has 1 fully saturated rings. The highest BCUT2D eigenvalue weighted by atomic mass is 14.4. The minimum atomic E-state index is 0.624. The molecule has 0 bridgehead atoms. The molecule has 0 aliphatic heterocycles. The highest BCUT2D eigenvalue weighted by Crippen LogP contribution is 2.45. The van der Waals surface area contributed by atoms with Gasteiger partial charge in [-0.3, -0.25) is 0 Å². The Morgan fingerprint density at radius 2 is 1.78 bits per heavy atom. The van der Waals surface area contributed by atoms with Gasteiger partial charge in [-0.2, -0.15) is 0 Å². The predicted octanol–water partition coefficient (Wildman–Crippen LogP) is 3.08. The summed E-state index contributed by atoms with van der Waals surface area (Å²) >= 11 is 0. The summed E-state index contributed by atoms with van der Waals surface area (Å²) in [5, 5.41) is 0. The molecule has 1 saturated carbocycles. The van der Waals surface area contributed by atoms with Gasteiger partial charge in [-0.25, -0.2) is 0 Å².